The van der Waals surface area contributed by atoms with E-state index in [1.54, 1.807) is 53.0 Å². The van der Waals surface area contributed by atoms with Crippen LogP contribution in [0.4, 0.5) is 5.82 Å². The maximum atomic E-state index is 12.7. The highest BCUT2D eigenvalue weighted by Gasteiger charge is 2.22. The molecular weight excluding hydrogens is 380 g/mol. The molecule has 9 heteroatoms. The Morgan fingerprint density at radius 3 is 2.83 bits per heavy atom. The number of hydrogen-bond donors (Lipinski definition) is 1. The normalized spacial score (nSPS) is 10.7. The molecule has 0 fully saturated rings. The molecule has 1 aromatic carbocycles. The number of amides is 1. The molecule has 30 heavy (non-hydrogen) atoms. The Kier molecular flexibility index (Phi) is 4.82. The lowest BCUT2D eigenvalue weighted by molar-refractivity contribution is 0.0796. The van der Waals surface area contributed by atoms with Gasteiger partial charge in [-0.25, -0.2) is 19.5 Å². The Balaban J connectivity index is 2.05. The predicted molar refractivity (Wildman–Crippen MR) is 111 cm³/mol. The van der Waals surface area contributed by atoms with Crippen LogP contribution in [0.1, 0.15) is 23.0 Å². The number of nitrogen functional groups attached to an aromatic ring is 1. The van der Waals surface area contributed by atoms with Crippen LogP contribution in [0.25, 0.3) is 28.2 Å². The van der Waals surface area contributed by atoms with Crippen molar-refractivity contribution in [2.75, 3.05) is 19.3 Å². The molecule has 148 valence electrons. The van der Waals surface area contributed by atoms with Gasteiger partial charge in [-0.15, -0.1) is 0 Å². The minimum Gasteiger partial charge on any atom is -0.382 e. The lowest BCUT2D eigenvalue weighted by Gasteiger charge is -2.13. The Hall–Kier alpha value is -4.32. The van der Waals surface area contributed by atoms with Gasteiger partial charge in [-0.1, -0.05) is 12.1 Å². The van der Waals surface area contributed by atoms with Crippen molar-refractivity contribution in [3.63, 3.8) is 0 Å². The number of aromatic nitrogens is 5. The molecule has 0 bridgehead atoms. The van der Waals surface area contributed by atoms with Gasteiger partial charge in [0.1, 0.15) is 29.0 Å². The highest BCUT2D eigenvalue weighted by Crippen LogP contribution is 2.32. The zero-order valence-electron chi connectivity index (χ0n) is 16.4. The molecular formula is C21H18N8O. The second kappa shape index (κ2) is 7.60. The highest BCUT2D eigenvalue weighted by atomic mass is 16.2. The molecule has 0 radical (unpaired) electrons. The number of nitriles is 1. The SMILES string of the molecule is CCN(C)C(=O)c1cc2c(N)nc(-c3cccc(C#N)c3)c(-c3ccncn3)n2n1. The first-order chi connectivity index (χ1) is 14.5. The standard InChI is InChI=1S/C21H18N8O/c1-3-28(2)21(30)16-10-17-20(23)26-18(14-6-4-5-13(9-14)11-22)19(29(17)27-16)15-7-8-24-12-25-15/h4-10,12H,3H2,1-2H3,(H2,23,26). The fourth-order valence-electron chi connectivity index (χ4n) is 3.11. The molecule has 0 atom stereocenters. The summed E-state index contributed by atoms with van der Waals surface area (Å²) in [6, 6.07) is 12.5. The van der Waals surface area contributed by atoms with Crippen LogP contribution < -0.4 is 5.73 Å². The summed E-state index contributed by atoms with van der Waals surface area (Å²) in [4.78, 5) is 27.1. The summed E-state index contributed by atoms with van der Waals surface area (Å²) in [5.41, 5.74) is 9.78. The quantitative estimate of drug-likeness (QED) is 0.559. The Morgan fingerprint density at radius 1 is 1.30 bits per heavy atom. The topological polar surface area (TPSA) is 126 Å². The molecule has 0 unspecified atom stereocenters. The Morgan fingerprint density at radius 2 is 2.13 bits per heavy atom. The summed E-state index contributed by atoms with van der Waals surface area (Å²) < 4.78 is 1.58. The van der Waals surface area contributed by atoms with Crippen LogP contribution in [0.3, 0.4) is 0 Å². The van der Waals surface area contributed by atoms with Gasteiger partial charge in [-0.3, -0.25) is 4.79 Å². The lowest BCUT2D eigenvalue weighted by Crippen LogP contribution is -2.26. The van der Waals surface area contributed by atoms with E-state index in [-0.39, 0.29) is 17.4 Å². The maximum Gasteiger partial charge on any atom is 0.274 e. The smallest absolute Gasteiger partial charge is 0.274 e. The molecule has 0 saturated carbocycles. The van der Waals surface area contributed by atoms with Crippen molar-refractivity contribution in [3.8, 4) is 28.7 Å². The van der Waals surface area contributed by atoms with Crippen LogP contribution >= 0.6 is 0 Å². The molecule has 3 aromatic heterocycles. The van der Waals surface area contributed by atoms with Crippen LogP contribution in [-0.2, 0) is 0 Å². The van der Waals surface area contributed by atoms with E-state index >= 15 is 0 Å². The van der Waals surface area contributed by atoms with Gasteiger partial charge < -0.3 is 10.6 Å². The molecule has 4 rings (SSSR count). The minimum atomic E-state index is -0.220. The van der Waals surface area contributed by atoms with Gasteiger partial charge in [0, 0.05) is 31.4 Å². The van der Waals surface area contributed by atoms with E-state index in [4.69, 9.17) is 5.73 Å². The fourth-order valence-corrected chi connectivity index (χ4v) is 3.11. The highest BCUT2D eigenvalue weighted by molar-refractivity contribution is 5.95. The first-order valence-corrected chi connectivity index (χ1v) is 9.25. The number of hydrogen-bond acceptors (Lipinski definition) is 7. The second-order valence-corrected chi connectivity index (χ2v) is 6.63. The number of carbonyl (C=O) groups is 1. The van der Waals surface area contributed by atoms with Crippen molar-refractivity contribution >= 4 is 17.2 Å². The van der Waals surface area contributed by atoms with Gasteiger partial charge in [0.05, 0.1) is 17.3 Å². The molecule has 0 saturated heterocycles. The minimum absolute atomic E-state index is 0.218. The molecule has 0 aliphatic rings. The summed E-state index contributed by atoms with van der Waals surface area (Å²) in [5, 5.41) is 13.8. The Bertz CT molecular complexity index is 1290. The van der Waals surface area contributed by atoms with Crippen molar-refractivity contribution in [2.24, 2.45) is 0 Å². The number of rotatable bonds is 4. The van der Waals surface area contributed by atoms with Crippen LogP contribution in [0.15, 0.2) is 48.9 Å². The summed E-state index contributed by atoms with van der Waals surface area (Å²) in [6.45, 7) is 2.43. The average Bonchev–Trinajstić information content (AvgIpc) is 3.24. The number of nitrogens with zero attached hydrogens (tertiary/aromatic N) is 7. The van der Waals surface area contributed by atoms with Gasteiger partial charge in [-0.2, -0.15) is 10.4 Å². The van der Waals surface area contributed by atoms with Crippen LogP contribution in [0, 0.1) is 11.3 Å². The monoisotopic (exact) mass is 398 g/mol. The Labute approximate surface area is 172 Å². The third-order valence-corrected chi connectivity index (χ3v) is 4.77. The summed E-state index contributed by atoms with van der Waals surface area (Å²) >= 11 is 0. The summed E-state index contributed by atoms with van der Waals surface area (Å²) in [6.07, 6.45) is 3.04. The summed E-state index contributed by atoms with van der Waals surface area (Å²) in [7, 11) is 1.71. The van der Waals surface area contributed by atoms with Crippen molar-refractivity contribution in [2.45, 2.75) is 6.92 Å². The van der Waals surface area contributed by atoms with E-state index in [9.17, 15) is 10.1 Å². The molecule has 9 nitrogen and oxygen atoms in total. The number of benzene rings is 1. The number of fused-ring (bicyclic) bond motifs is 1. The largest absolute Gasteiger partial charge is 0.382 e. The van der Waals surface area contributed by atoms with Crippen molar-refractivity contribution < 1.29 is 4.79 Å². The zero-order valence-corrected chi connectivity index (χ0v) is 16.4. The summed E-state index contributed by atoms with van der Waals surface area (Å²) in [5.74, 6) is -0.00173. The van der Waals surface area contributed by atoms with E-state index in [0.717, 1.165) is 0 Å². The van der Waals surface area contributed by atoms with Gasteiger partial charge in [-0.05, 0) is 25.1 Å². The molecule has 0 aliphatic carbocycles. The zero-order chi connectivity index (χ0) is 21.3. The number of anilines is 1. The van der Waals surface area contributed by atoms with Crippen LogP contribution in [0.5, 0.6) is 0 Å². The van der Waals surface area contributed by atoms with Gasteiger partial charge in [0.25, 0.3) is 5.91 Å². The molecule has 3 heterocycles. The van der Waals surface area contributed by atoms with Gasteiger partial charge >= 0.3 is 0 Å². The molecule has 2 N–H and O–H groups in total. The van der Waals surface area contributed by atoms with Crippen molar-refractivity contribution in [1.82, 2.24) is 29.5 Å². The van der Waals surface area contributed by atoms with Gasteiger partial charge in [0.2, 0.25) is 0 Å². The number of nitrogens with two attached hydrogens (primary N) is 1. The maximum absolute atomic E-state index is 12.7. The molecule has 1 amide bonds. The van der Waals surface area contributed by atoms with Crippen molar-refractivity contribution in [1.29, 1.82) is 5.26 Å². The lowest BCUT2D eigenvalue weighted by atomic mass is 10.0. The fraction of sp³-hybridized carbons (Fsp3) is 0.143. The molecule has 0 aliphatic heterocycles. The van der Waals surface area contributed by atoms with Gasteiger partial charge in [0.15, 0.2) is 5.69 Å². The van der Waals surface area contributed by atoms with E-state index in [1.807, 2.05) is 13.0 Å². The third-order valence-electron chi connectivity index (χ3n) is 4.77. The molecule has 4 aromatic rings. The van der Waals surface area contributed by atoms with E-state index in [0.29, 0.717) is 40.3 Å². The second-order valence-electron chi connectivity index (χ2n) is 6.63. The van der Waals surface area contributed by atoms with Crippen LogP contribution in [-0.4, -0.2) is 49.0 Å². The average molecular weight is 398 g/mol. The first-order valence-electron chi connectivity index (χ1n) is 9.25. The molecule has 0 spiro atoms. The first kappa shape index (κ1) is 19.0. The van der Waals surface area contributed by atoms with E-state index in [2.05, 4.69) is 26.1 Å². The van der Waals surface area contributed by atoms with E-state index in [1.165, 1.54) is 6.33 Å². The van der Waals surface area contributed by atoms with Crippen molar-refractivity contribution in [3.05, 3.63) is 60.2 Å². The van der Waals surface area contributed by atoms with E-state index < -0.39 is 0 Å². The third kappa shape index (κ3) is 3.20. The predicted octanol–water partition coefficient (Wildman–Crippen LogP) is 2.40. The van der Waals surface area contributed by atoms with Crippen LogP contribution in [0.2, 0.25) is 0 Å². The number of carbonyl (C=O) groups excluding carboxylic acids is 1.